The predicted molar refractivity (Wildman–Crippen MR) is 37.1 cm³/mol. The van der Waals surface area contributed by atoms with Crippen LogP contribution in [0.5, 0.6) is 0 Å². The van der Waals surface area contributed by atoms with E-state index < -0.39 is 5.97 Å². The quantitative estimate of drug-likeness (QED) is 0.525. The highest BCUT2D eigenvalue weighted by molar-refractivity contribution is 7.99. The first-order chi connectivity index (χ1) is 4.18. The molecule has 52 valence electrons. The highest BCUT2D eigenvalue weighted by Crippen LogP contribution is 2.03. The highest BCUT2D eigenvalue weighted by Gasteiger charge is 1.91. The molecule has 0 aliphatic carbocycles. The minimum Gasteiger partial charge on any atom is -0.545 e. The van der Waals surface area contributed by atoms with Crippen LogP contribution in [0.25, 0.3) is 0 Å². The van der Waals surface area contributed by atoms with E-state index in [0.717, 1.165) is 5.75 Å². The number of thioether (sulfide) groups is 1. The van der Waals surface area contributed by atoms with Crippen molar-refractivity contribution in [1.82, 2.24) is 0 Å². The SMILES string of the molecule is C=C(CSCC)C(=O)[O-]. The van der Waals surface area contributed by atoms with Crippen LogP contribution in [0.3, 0.4) is 0 Å². The Balaban J connectivity index is 3.39. The van der Waals surface area contributed by atoms with Crippen LogP contribution in [-0.2, 0) is 4.79 Å². The van der Waals surface area contributed by atoms with E-state index in [4.69, 9.17) is 0 Å². The first-order valence-corrected chi connectivity index (χ1v) is 3.80. The van der Waals surface area contributed by atoms with Crippen molar-refractivity contribution in [3.63, 3.8) is 0 Å². The normalized spacial score (nSPS) is 9.00. The summed E-state index contributed by atoms with van der Waals surface area (Å²) in [5.74, 6) is 0.237. The largest absolute Gasteiger partial charge is 0.545 e. The van der Waals surface area contributed by atoms with Gasteiger partial charge in [-0.3, -0.25) is 0 Å². The van der Waals surface area contributed by atoms with E-state index in [1.54, 1.807) is 0 Å². The lowest BCUT2D eigenvalue weighted by atomic mass is 10.4. The molecule has 0 radical (unpaired) electrons. The number of carbonyl (C=O) groups is 1. The number of carboxylic acids is 1. The van der Waals surface area contributed by atoms with Gasteiger partial charge in [-0.2, -0.15) is 11.8 Å². The summed E-state index contributed by atoms with van der Waals surface area (Å²) in [5.41, 5.74) is 0.168. The maximum absolute atomic E-state index is 9.98. The molecule has 2 nitrogen and oxygen atoms in total. The van der Waals surface area contributed by atoms with Crippen molar-refractivity contribution in [2.45, 2.75) is 6.92 Å². The molecule has 0 spiro atoms. The van der Waals surface area contributed by atoms with Gasteiger partial charge in [-0.25, -0.2) is 0 Å². The van der Waals surface area contributed by atoms with Gasteiger partial charge in [-0.1, -0.05) is 13.5 Å². The fraction of sp³-hybridized carbons (Fsp3) is 0.500. The molecule has 0 aromatic carbocycles. The fourth-order valence-corrected chi connectivity index (χ4v) is 0.853. The Hall–Kier alpha value is -0.440. The van der Waals surface area contributed by atoms with Crippen LogP contribution in [0, 0.1) is 0 Å². The van der Waals surface area contributed by atoms with Crippen LogP contribution in [0.4, 0.5) is 0 Å². The van der Waals surface area contributed by atoms with Crippen molar-refractivity contribution in [1.29, 1.82) is 0 Å². The summed E-state index contributed by atoms with van der Waals surface area (Å²) in [5, 5.41) is 9.98. The van der Waals surface area contributed by atoms with Crippen molar-refractivity contribution in [2.24, 2.45) is 0 Å². The van der Waals surface area contributed by atoms with Gasteiger partial charge in [0.1, 0.15) is 0 Å². The van der Waals surface area contributed by atoms with Gasteiger partial charge >= 0.3 is 0 Å². The van der Waals surface area contributed by atoms with Gasteiger partial charge in [-0.15, -0.1) is 0 Å². The molecule has 3 heteroatoms. The number of hydrogen-bond donors (Lipinski definition) is 0. The lowest BCUT2D eigenvalue weighted by Gasteiger charge is -2.03. The summed E-state index contributed by atoms with van der Waals surface area (Å²) in [6.07, 6.45) is 0. The molecule has 0 aliphatic rings. The van der Waals surface area contributed by atoms with Crippen molar-refractivity contribution in [3.8, 4) is 0 Å². The van der Waals surface area contributed by atoms with Crippen molar-refractivity contribution >= 4 is 17.7 Å². The molecule has 0 bridgehead atoms. The average Bonchev–Trinajstić information content (AvgIpc) is 1.82. The Morgan fingerprint density at radius 1 is 1.78 bits per heavy atom. The van der Waals surface area contributed by atoms with E-state index in [9.17, 15) is 9.90 Å². The molecular formula is C6H9O2S-. The summed E-state index contributed by atoms with van der Waals surface area (Å²) in [7, 11) is 0. The van der Waals surface area contributed by atoms with Crippen LogP contribution < -0.4 is 5.11 Å². The first-order valence-electron chi connectivity index (χ1n) is 2.65. The van der Waals surface area contributed by atoms with E-state index in [0.29, 0.717) is 5.75 Å². The number of hydrogen-bond acceptors (Lipinski definition) is 3. The third kappa shape index (κ3) is 4.09. The molecule has 0 rings (SSSR count). The van der Waals surface area contributed by atoms with Gasteiger partial charge in [0.2, 0.25) is 0 Å². The molecule has 0 aromatic rings. The molecule has 0 aromatic heterocycles. The Labute approximate surface area is 59.0 Å². The second kappa shape index (κ2) is 4.44. The Bertz CT molecular complexity index is 120. The monoisotopic (exact) mass is 145 g/mol. The Kier molecular flexibility index (Phi) is 4.22. The maximum Gasteiger partial charge on any atom is 0.0677 e. The number of rotatable bonds is 4. The van der Waals surface area contributed by atoms with Crippen LogP contribution in [0.2, 0.25) is 0 Å². The van der Waals surface area contributed by atoms with Crippen LogP contribution in [0.15, 0.2) is 12.2 Å². The molecular weight excluding hydrogens is 136 g/mol. The summed E-state index contributed by atoms with van der Waals surface area (Å²) < 4.78 is 0. The molecule has 0 aliphatic heterocycles. The maximum atomic E-state index is 9.98. The minimum atomic E-state index is -1.14. The topological polar surface area (TPSA) is 40.1 Å². The second-order valence-corrected chi connectivity index (χ2v) is 2.80. The zero-order valence-corrected chi connectivity index (χ0v) is 6.16. The third-order valence-corrected chi connectivity index (χ3v) is 1.73. The molecule has 0 amide bonds. The number of carbonyl (C=O) groups excluding carboxylic acids is 1. The van der Waals surface area contributed by atoms with Crippen molar-refractivity contribution < 1.29 is 9.90 Å². The molecule has 0 heterocycles. The minimum absolute atomic E-state index is 0.168. The third-order valence-electron chi connectivity index (χ3n) is 0.769. The molecule has 9 heavy (non-hydrogen) atoms. The van der Waals surface area contributed by atoms with Gasteiger partial charge in [0.05, 0.1) is 5.97 Å². The van der Waals surface area contributed by atoms with Crippen LogP contribution >= 0.6 is 11.8 Å². The number of carboxylic acid groups (broad SMARTS) is 1. The van der Waals surface area contributed by atoms with E-state index in [1.807, 2.05) is 6.92 Å². The van der Waals surface area contributed by atoms with Gasteiger partial charge in [0, 0.05) is 5.75 Å². The number of aliphatic carboxylic acids is 1. The molecule has 0 unspecified atom stereocenters. The van der Waals surface area contributed by atoms with Gasteiger partial charge in [0.25, 0.3) is 0 Å². The van der Waals surface area contributed by atoms with Gasteiger partial charge in [0.15, 0.2) is 0 Å². The van der Waals surface area contributed by atoms with E-state index in [-0.39, 0.29) is 5.57 Å². The standard InChI is InChI=1S/C6H10O2S/c1-3-9-4-5(2)6(7)8/h2-4H2,1H3,(H,7,8)/p-1. The van der Waals surface area contributed by atoms with E-state index in [1.165, 1.54) is 11.8 Å². The molecule has 0 fully saturated rings. The van der Waals surface area contributed by atoms with Crippen LogP contribution in [0.1, 0.15) is 6.92 Å². The highest BCUT2D eigenvalue weighted by atomic mass is 32.2. The zero-order chi connectivity index (χ0) is 7.28. The zero-order valence-electron chi connectivity index (χ0n) is 5.35. The Morgan fingerprint density at radius 2 is 2.33 bits per heavy atom. The molecule has 0 saturated carbocycles. The van der Waals surface area contributed by atoms with E-state index >= 15 is 0 Å². The summed E-state index contributed by atoms with van der Waals surface area (Å²) in [6.45, 7) is 5.27. The van der Waals surface area contributed by atoms with Crippen molar-refractivity contribution in [2.75, 3.05) is 11.5 Å². The second-order valence-electron chi connectivity index (χ2n) is 1.53. The summed E-state index contributed by atoms with van der Waals surface area (Å²) in [6, 6.07) is 0. The first kappa shape index (κ1) is 8.56. The van der Waals surface area contributed by atoms with Gasteiger partial charge < -0.3 is 9.90 Å². The van der Waals surface area contributed by atoms with Crippen LogP contribution in [-0.4, -0.2) is 17.5 Å². The molecule has 0 N–H and O–H groups in total. The molecule has 0 saturated heterocycles. The van der Waals surface area contributed by atoms with Gasteiger partial charge in [-0.05, 0) is 11.3 Å². The predicted octanol–water partition coefficient (Wildman–Crippen LogP) is 0.0456. The smallest absolute Gasteiger partial charge is 0.0677 e. The fourth-order valence-electron chi connectivity index (χ4n) is 0.284. The lowest BCUT2D eigenvalue weighted by molar-refractivity contribution is -0.299. The van der Waals surface area contributed by atoms with E-state index in [2.05, 4.69) is 6.58 Å². The average molecular weight is 145 g/mol. The lowest BCUT2D eigenvalue weighted by Crippen LogP contribution is -2.24. The summed E-state index contributed by atoms with van der Waals surface area (Å²) in [4.78, 5) is 9.98. The van der Waals surface area contributed by atoms with Crippen molar-refractivity contribution in [3.05, 3.63) is 12.2 Å². The Morgan fingerprint density at radius 3 is 2.67 bits per heavy atom. The summed E-state index contributed by atoms with van der Waals surface area (Å²) >= 11 is 1.52. The molecule has 0 atom stereocenters.